The van der Waals surface area contributed by atoms with Gasteiger partial charge >= 0.3 is 0 Å². The van der Waals surface area contributed by atoms with E-state index in [1.165, 1.54) is 0 Å². The summed E-state index contributed by atoms with van der Waals surface area (Å²) in [5.41, 5.74) is 5.02. The van der Waals surface area contributed by atoms with Gasteiger partial charge in [0.05, 0.1) is 10.0 Å². The van der Waals surface area contributed by atoms with Gasteiger partial charge in [-0.1, -0.05) is 12.1 Å². The Kier molecular flexibility index (Phi) is 4.44. The number of carbonyl (C=O) groups excluding carboxylic acids is 1. The summed E-state index contributed by atoms with van der Waals surface area (Å²) in [5.74, 6) is 0.456. The van der Waals surface area contributed by atoms with Crippen LogP contribution in [0.3, 0.4) is 0 Å². The number of aliphatic hydroxyl groups excluding tert-OH is 1. The van der Waals surface area contributed by atoms with Crippen LogP contribution in [0.15, 0.2) is 28.7 Å². The molecular weight excluding hydrogens is 312 g/mol. The standard InChI is InChI=1S/C13H17BrN2O3/c14-10-3-1-2-4-11(10)19-8-9(17)7-16-12(18)13(15)5-6-13/h1-4,9,17H,5-8,15H2,(H,16,18). The zero-order valence-corrected chi connectivity index (χ0v) is 12.0. The molecule has 5 nitrogen and oxygen atoms in total. The zero-order chi connectivity index (χ0) is 13.9. The summed E-state index contributed by atoms with van der Waals surface area (Å²) in [5, 5.41) is 12.4. The molecule has 4 N–H and O–H groups in total. The van der Waals surface area contributed by atoms with Crippen molar-refractivity contribution in [2.75, 3.05) is 13.2 Å². The SMILES string of the molecule is NC1(C(=O)NCC(O)COc2ccccc2Br)CC1. The predicted molar refractivity (Wildman–Crippen MR) is 74.8 cm³/mol. The summed E-state index contributed by atoms with van der Waals surface area (Å²) in [6.45, 7) is 0.253. The smallest absolute Gasteiger partial charge is 0.240 e. The Balaban J connectivity index is 1.71. The summed E-state index contributed by atoms with van der Waals surface area (Å²) >= 11 is 3.35. The Morgan fingerprint density at radius 1 is 1.53 bits per heavy atom. The number of para-hydroxylation sites is 1. The maximum atomic E-state index is 11.6. The predicted octanol–water partition coefficient (Wildman–Crippen LogP) is 0.796. The molecule has 1 unspecified atom stereocenters. The van der Waals surface area contributed by atoms with Gasteiger partial charge in [-0.3, -0.25) is 4.79 Å². The van der Waals surface area contributed by atoms with E-state index in [9.17, 15) is 9.90 Å². The zero-order valence-electron chi connectivity index (χ0n) is 10.4. The summed E-state index contributed by atoms with van der Waals surface area (Å²) in [6, 6.07) is 7.38. The largest absolute Gasteiger partial charge is 0.490 e. The van der Waals surface area contributed by atoms with Crippen LogP contribution >= 0.6 is 15.9 Å². The molecule has 1 aliphatic rings. The van der Waals surface area contributed by atoms with Gasteiger partial charge < -0.3 is 20.9 Å². The average Bonchev–Trinajstić information content (AvgIpc) is 3.14. The third-order valence-electron chi connectivity index (χ3n) is 3.01. The third-order valence-corrected chi connectivity index (χ3v) is 3.66. The van der Waals surface area contributed by atoms with E-state index in [2.05, 4.69) is 21.2 Å². The lowest BCUT2D eigenvalue weighted by atomic mass is 10.2. The number of amides is 1. The number of aliphatic hydroxyl groups is 1. The Hall–Kier alpha value is -1.11. The van der Waals surface area contributed by atoms with Gasteiger partial charge in [-0.15, -0.1) is 0 Å². The van der Waals surface area contributed by atoms with Crippen molar-refractivity contribution in [3.05, 3.63) is 28.7 Å². The van der Waals surface area contributed by atoms with Crippen LogP contribution in [0.25, 0.3) is 0 Å². The number of ether oxygens (including phenoxy) is 1. The van der Waals surface area contributed by atoms with Gasteiger partial charge in [-0.05, 0) is 40.9 Å². The number of nitrogens with one attached hydrogen (secondary N) is 1. The second-order valence-electron chi connectivity index (χ2n) is 4.76. The number of rotatable bonds is 6. The molecule has 0 heterocycles. The monoisotopic (exact) mass is 328 g/mol. The molecule has 1 aromatic carbocycles. The normalized spacial score (nSPS) is 17.6. The summed E-state index contributed by atoms with van der Waals surface area (Å²) in [6.07, 6.45) is 0.656. The van der Waals surface area contributed by atoms with Gasteiger partial charge in [0.25, 0.3) is 0 Å². The lowest BCUT2D eigenvalue weighted by Crippen LogP contribution is -2.46. The molecule has 1 aromatic rings. The van der Waals surface area contributed by atoms with Gasteiger partial charge in [-0.25, -0.2) is 0 Å². The van der Waals surface area contributed by atoms with Crippen molar-refractivity contribution >= 4 is 21.8 Å². The van der Waals surface area contributed by atoms with E-state index in [0.717, 1.165) is 4.47 Å². The first kappa shape index (κ1) is 14.3. The Morgan fingerprint density at radius 2 is 2.21 bits per heavy atom. The molecule has 1 fully saturated rings. The quantitative estimate of drug-likeness (QED) is 0.721. The van der Waals surface area contributed by atoms with Crippen LogP contribution < -0.4 is 15.8 Å². The van der Waals surface area contributed by atoms with Crippen LogP contribution in [-0.4, -0.2) is 35.8 Å². The third kappa shape index (κ3) is 3.92. The van der Waals surface area contributed by atoms with Crippen molar-refractivity contribution in [1.82, 2.24) is 5.32 Å². The van der Waals surface area contributed by atoms with E-state index >= 15 is 0 Å². The lowest BCUT2D eigenvalue weighted by Gasteiger charge is -2.15. The second-order valence-corrected chi connectivity index (χ2v) is 5.62. The summed E-state index contributed by atoms with van der Waals surface area (Å²) in [7, 11) is 0. The van der Waals surface area contributed by atoms with Crippen LogP contribution in [0, 0.1) is 0 Å². The first-order valence-electron chi connectivity index (χ1n) is 6.14. The number of halogens is 1. The van der Waals surface area contributed by atoms with Crippen LogP contribution in [0.4, 0.5) is 0 Å². The van der Waals surface area contributed by atoms with Crippen molar-refractivity contribution in [1.29, 1.82) is 0 Å². The maximum absolute atomic E-state index is 11.6. The van der Waals surface area contributed by atoms with Gasteiger partial charge in [-0.2, -0.15) is 0 Å². The molecule has 0 saturated heterocycles. The highest BCUT2D eigenvalue weighted by Crippen LogP contribution is 2.32. The molecular formula is C13H17BrN2O3. The molecule has 0 bridgehead atoms. The van der Waals surface area contributed by atoms with Crippen LogP contribution in [0.1, 0.15) is 12.8 Å². The number of benzene rings is 1. The number of hydrogen-bond acceptors (Lipinski definition) is 4. The Bertz CT molecular complexity index is 463. The highest BCUT2D eigenvalue weighted by molar-refractivity contribution is 9.10. The molecule has 1 saturated carbocycles. The van der Waals surface area contributed by atoms with Crippen LogP contribution in [-0.2, 0) is 4.79 Å². The molecule has 6 heteroatoms. The molecule has 1 atom stereocenters. The number of hydrogen-bond donors (Lipinski definition) is 3. The average molecular weight is 329 g/mol. The summed E-state index contributed by atoms with van der Waals surface area (Å²) < 4.78 is 6.28. The minimum atomic E-state index is -0.765. The molecule has 0 spiro atoms. The molecule has 2 rings (SSSR count). The van der Waals surface area contributed by atoms with Crippen molar-refractivity contribution in [3.63, 3.8) is 0 Å². The fourth-order valence-corrected chi connectivity index (χ4v) is 1.95. The Morgan fingerprint density at radius 3 is 2.84 bits per heavy atom. The first-order chi connectivity index (χ1) is 9.01. The van der Waals surface area contributed by atoms with Gasteiger partial charge in [0.1, 0.15) is 18.5 Å². The van der Waals surface area contributed by atoms with E-state index in [1.807, 2.05) is 18.2 Å². The van der Waals surface area contributed by atoms with Crippen LogP contribution in [0.5, 0.6) is 5.75 Å². The molecule has 104 valence electrons. The first-order valence-corrected chi connectivity index (χ1v) is 6.93. The van der Waals surface area contributed by atoms with E-state index < -0.39 is 11.6 Å². The topological polar surface area (TPSA) is 84.6 Å². The number of carbonyl (C=O) groups is 1. The second kappa shape index (κ2) is 5.90. The van der Waals surface area contributed by atoms with Crippen molar-refractivity contribution in [2.24, 2.45) is 5.73 Å². The lowest BCUT2D eigenvalue weighted by molar-refractivity contribution is -0.123. The van der Waals surface area contributed by atoms with Crippen LogP contribution in [0.2, 0.25) is 0 Å². The Labute approximate surface area is 120 Å². The molecule has 0 aliphatic heterocycles. The minimum Gasteiger partial charge on any atom is -0.490 e. The molecule has 19 heavy (non-hydrogen) atoms. The van der Waals surface area contributed by atoms with E-state index in [-0.39, 0.29) is 19.1 Å². The highest BCUT2D eigenvalue weighted by atomic mass is 79.9. The van der Waals surface area contributed by atoms with Crippen molar-refractivity contribution in [3.8, 4) is 5.75 Å². The maximum Gasteiger partial charge on any atom is 0.240 e. The van der Waals surface area contributed by atoms with E-state index in [1.54, 1.807) is 6.07 Å². The molecule has 1 aliphatic carbocycles. The van der Waals surface area contributed by atoms with E-state index in [0.29, 0.717) is 18.6 Å². The van der Waals surface area contributed by atoms with Crippen molar-refractivity contribution < 1.29 is 14.6 Å². The highest BCUT2D eigenvalue weighted by Gasteiger charge is 2.45. The van der Waals surface area contributed by atoms with Gasteiger partial charge in [0.2, 0.25) is 5.91 Å². The van der Waals surface area contributed by atoms with Gasteiger partial charge in [0, 0.05) is 6.54 Å². The number of nitrogens with two attached hydrogens (primary N) is 1. The summed E-state index contributed by atoms with van der Waals surface area (Å²) in [4.78, 5) is 11.6. The molecule has 0 radical (unpaired) electrons. The fourth-order valence-electron chi connectivity index (χ4n) is 1.55. The fraction of sp³-hybridized carbons (Fsp3) is 0.462. The molecule has 1 amide bonds. The molecule has 0 aromatic heterocycles. The van der Waals surface area contributed by atoms with Gasteiger partial charge in [0.15, 0.2) is 0 Å². The van der Waals surface area contributed by atoms with Crippen molar-refractivity contribution in [2.45, 2.75) is 24.5 Å². The van der Waals surface area contributed by atoms with E-state index in [4.69, 9.17) is 10.5 Å². The minimum absolute atomic E-state index is 0.112.